The van der Waals surface area contributed by atoms with Crippen LogP contribution in [0.5, 0.6) is 0 Å². The highest BCUT2D eigenvalue weighted by molar-refractivity contribution is 5.63. The SMILES string of the molecule is Cc1cccc(C(C)C=O)c1C(F)F. The summed E-state index contributed by atoms with van der Waals surface area (Å²) in [6, 6.07) is 4.90. The summed E-state index contributed by atoms with van der Waals surface area (Å²) in [6.07, 6.45) is -1.84. The van der Waals surface area contributed by atoms with Crippen molar-refractivity contribution in [2.45, 2.75) is 26.2 Å². The lowest BCUT2D eigenvalue weighted by atomic mass is 9.94. The molecule has 0 amide bonds. The Kier molecular flexibility index (Phi) is 3.33. The summed E-state index contributed by atoms with van der Waals surface area (Å²) in [7, 11) is 0. The molecule has 0 heterocycles. The molecule has 0 saturated carbocycles. The van der Waals surface area contributed by atoms with Gasteiger partial charge < -0.3 is 4.79 Å². The van der Waals surface area contributed by atoms with Crippen LogP contribution in [0.4, 0.5) is 8.78 Å². The van der Waals surface area contributed by atoms with E-state index in [9.17, 15) is 13.6 Å². The first-order valence-electron chi connectivity index (χ1n) is 4.40. The van der Waals surface area contributed by atoms with Crippen molar-refractivity contribution in [2.24, 2.45) is 0 Å². The first-order valence-corrected chi connectivity index (χ1v) is 4.40. The van der Waals surface area contributed by atoms with Crippen LogP contribution in [0.25, 0.3) is 0 Å². The minimum atomic E-state index is -2.52. The smallest absolute Gasteiger partial charge is 0.264 e. The molecule has 76 valence electrons. The topological polar surface area (TPSA) is 17.1 Å². The minimum absolute atomic E-state index is 0.00731. The molecular weight excluding hydrogens is 186 g/mol. The number of rotatable bonds is 3. The van der Waals surface area contributed by atoms with Gasteiger partial charge in [0.1, 0.15) is 6.29 Å². The Balaban J connectivity index is 3.27. The van der Waals surface area contributed by atoms with E-state index < -0.39 is 12.3 Å². The first-order chi connectivity index (χ1) is 6.57. The monoisotopic (exact) mass is 198 g/mol. The molecule has 0 fully saturated rings. The predicted molar refractivity (Wildman–Crippen MR) is 50.6 cm³/mol. The Morgan fingerprint density at radius 3 is 2.50 bits per heavy atom. The van der Waals surface area contributed by atoms with Gasteiger partial charge in [0, 0.05) is 11.5 Å². The second-order valence-corrected chi connectivity index (χ2v) is 3.30. The summed E-state index contributed by atoms with van der Waals surface area (Å²) in [4.78, 5) is 10.5. The molecule has 1 aromatic carbocycles. The van der Waals surface area contributed by atoms with Crippen molar-refractivity contribution >= 4 is 6.29 Å². The van der Waals surface area contributed by atoms with Gasteiger partial charge in [-0.15, -0.1) is 0 Å². The molecule has 0 radical (unpaired) electrons. The summed E-state index contributed by atoms with van der Waals surface area (Å²) >= 11 is 0. The summed E-state index contributed by atoms with van der Waals surface area (Å²) in [5.74, 6) is -0.473. The Labute approximate surface area is 81.7 Å². The summed E-state index contributed by atoms with van der Waals surface area (Å²) < 4.78 is 25.3. The number of alkyl halides is 2. The maximum atomic E-state index is 12.7. The third-order valence-corrected chi connectivity index (χ3v) is 2.27. The van der Waals surface area contributed by atoms with Crippen molar-refractivity contribution in [3.05, 3.63) is 34.9 Å². The lowest BCUT2D eigenvalue weighted by molar-refractivity contribution is -0.108. The molecule has 14 heavy (non-hydrogen) atoms. The fourth-order valence-corrected chi connectivity index (χ4v) is 1.47. The van der Waals surface area contributed by atoms with E-state index in [1.54, 1.807) is 32.0 Å². The molecule has 0 aliphatic carbocycles. The summed E-state index contributed by atoms with van der Waals surface area (Å²) in [5, 5.41) is 0. The summed E-state index contributed by atoms with van der Waals surface area (Å²) in [5.41, 5.74) is 0.952. The van der Waals surface area contributed by atoms with Crippen molar-refractivity contribution in [1.29, 1.82) is 0 Å². The highest BCUT2D eigenvalue weighted by Gasteiger charge is 2.18. The average molecular weight is 198 g/mol. The van der Waals surface area contributed by atoms with E-state index in [1.807, 2.05) is 0 Å². The molecule has 0 aliphatic heterocycles. The van der Waals surface area contributed by atoms with Crippen molar-refractivity contribution < 1.29 is 13.6 Å². The zero-order valence-corrected chi connectivity index (χ0v) is 8.13. The van der Waals surface area contributed by atoms with Crippen LogP contribution >= 0.6 is 0 Å². The van der Waals surface area contributed by atoms with Gasteiger partial charge in [-0.3, -0.25) is 0 Å². The van der Waals surface area contributed by atoms with Gasteiger partial charge in [0.25, 0.3) is 6.43 Å². The van der Waals surface area contributed by atoms with E-state index in [2.05, 4.69) is 0 Å². The minimum Gasteiger partial charge on any atom is -0.303 e. The fourth-order valence-electron chi connectivity index (χ4n) is 1.47. The maximum Gasteiger partial charge on any atom is 0.264 e. The van der Waals surface area contributed by atoms with Crippen LogP contribution in [0.3, 0.4) is 0 Å². The van der Waals surface area contributed by atoms with Crippen LogP contribution < -0.4 is 0 Å². The van der Waals surface area contributed by atoms with E-state index in [0.717, 1.165) is 0 Å². The van der Waals surface area contributed by atoms with Crippen LogP contribution in [-0.2, 0) is 4.79 Å². The van der Waals surface area contributed by atoms with Crippen LogP contribution in [0.1, 0.15) is 36.0 Å². The first kappa shape index (κ1) is 10.8. The largest absolute Gasteiger partial charge is 0.303 e. The van der Waals surface area contributed by atoms with Gasteiger partial charge in [0.2, 0.25) is 0 Å². The second-order valence-electron chi connectivity index (χ2n) is 3.30. The molecular formula is C11H12F2O. The average Bonchev–Trinajstić information content (AvgIpc) is 2.15. The van der Waals surface area contributed by atoms with Gasteiger partial charge >= 0.3 is 0 Å². The number of halogens is 2. The molecule has 1 nitrogen and oxygen atoms in total. The third-order valence-electron chi connectivity index (χ3n) is 2.27. The number of hydrogen-bond donors (Lipinski definition) is 0. The number of benzene rings is 1. The Hall–Kier alpha value is -1.25. The fraction of sp³-hybridized carbons (Fsp3) is 0.364. The molecule has 1 atom stereocenters. The third kappa shape index (κ3) is 1.97. The zero-order chi connectivity index (χ0) is 10.7. The van der Waals surface area contributed by atoms with E-state index in [4.69, 9.17) is 0 Å². The van der Waals surface area contributed by atoms with Gasteiger partial charge in [-0.25, -0.2) is 8.78 Å². The van der Waals surface area contributed by atoms with E-state index in [-0.39, 0.29) is 5.56 Å². The van der Waals surface area contributed by atoms with Gasteiger partial charge in [-0.2, -0.15) is 0 Å². The Morgan fingerprint density at radius 1 is 1.36 bits per heavy atom. The molecule has 1 unspecified atom stereocenters. The van der Waals surface area contributed by atoms with E-state index in [0.29, 0.717) is 17.4 Å². The highest BCUT2D eigenvalue weighted by Crippen LogP contribution is 2.30. The van der Waals surface area contributed by atoms with Crippen molar-refractivity contribution in [1.82, 2.24) is 0 Å². The lowest BCUT2D eigenvalue weighted by Gasteiger charge is -2.13. The van der Waals surface area contributed by atoms with Crippen molar-refractivity contribution in [2.75, 3.05) is 0 Å². The van der Waals surface area contributed by atoms with Crippen LogP contribution in [0.15, 0.2) is 18.2 Å². The van der Waals surface area contributed by atoms with Gasteiger partial charge in [0.15, 0.2) is 0 Å². The van der Waals surface area contributed by atoms with Gasteiger partial charge in [-0.1, -0.05) is 25.1 Å². The Bertz CT molecular complexity index is 334. The molecule has 0 saturated heterocycles. The highest BCUT2D eigenvalue weighted by atomic mass is 19.3. The van der Waals surface area contributed by atoms with Crippen LogP contribution in [-0.4, -0.2) is 6.29 Å². The number of carbonyl (C=O) groups excluding carboxylic acids is 1. The predicted octanol–water partition coefficient (Wildman–Crippen LogP) is 3.24. The molecule has 3 heteroatoms. The normalized spacial score (nSPS) is 12.9. The second kappa shape index (κ2) is 4.31. The Morgan fingerprint density at radius 2 is 2.00 bits per heavy atom. The number of aldehydes is 1. The molecule has 1 rings (SSSR count). The number of carbonyl (C=O) groups is 1. The van der Waals surface area contributed by atoms with Gasteiger partial charge in [0.05, 0.1) is 0 Å². The van der Waals surface area contributed by atoms with Crippen molar-refractivity contribution in [3.8, 4) is 0 Å². The van der Waals surface area contributed by atoms with Gasteiger partial charge in [-0.05, 0) is 18.1 Å². The summed E-state index contributed by atoms with van der Waals surface area (Å²) in [6.45, 7) is 3.25. The molecule has 1 aromatic rings. The van der Waals surface area contributed by atoms with Crippen molar-refractivity contribution in [3.63, 3.8) is 0 Å². The number of hydrogen-bond acceptors (Lipinski definition) is 1. The molecule has 0 aromatic heterocycles. The quantitative estimate of drug-likeness (QED) is 0.681. The molecule has 0 N–H and O–H groups in total. The van der Waals surface area contributed by atoms with Crippen LogP contribution in [0.2, 0.25) is 0 Å². The zero-order valence-electron chi connectivity index (χ0n) is 8.13. The maximum absolute atomic E-state index is 12.7. The molecule has 0 aliphatic rings. The number of aryl methyl sites for hydroxylation is 1. The van der Waals surface area contributed by atoms with E-state index in [1.165, 1.54) is 0 Å². The van der Waals surface area contributed by atoms with Crippen LogP contribution in [0, 0.1) is 6.92 Å². The molecule has 0 spiro atoms. The lowest BCUT2D eigenvalue weighted by Crippen LogP contribution is -2.02. The van der Waals surface area contributed by atoms with E-state index >= 15 is 0 Å². The standard InChI is InChI=1S/C11H12F2O/c1-7-4-3-5-9(8(2)6-14)10(7)11(12)13/h3-6,8,11H,1-2H3. The molecule has 0 bridgehead atoms.